The van der Waals surface area contributed by atoms with Crippen molar-refractivity contribution >= 4 is 34.1 Å². The van der Waals surface area contributed by atoms with Gasteiger partial charge in [-0.1, -0.05) is 78.0 Å². The van der Waals surface area contributed by atoms with Gasteiger partial charge in [0, 0.05) is 17.0 Å². The molecule has 2 heterocycles. The lowest BCUT2D eigenvalue weighted by molar-refractivity contribution is 0.747. The molecule has 1 unspecified atom stereocenters. The zero-order valence-electron chi connectivity index (χ0n) is 13.8. The van der Waals surface area contributed by atoms with Gasteiger partial charge in [0.05, 0.1) is 0 Å². The zero-order valence-corrected chi connectivity index (χ0v) is 15.3. The molecule has 4 aromatic rings. The van der Waals surface area contributed by atoms with Crippen molar-refractivity contribution < 1.29 is 0 Å². The van der Waals surface area contributed by atoms with E-state index >= 15 is 0 Å². The van der Waals surface area contributed by atoms with E-state index < -0.39 is 0 Å². The Labute approximate surface area is 160 Å². The van der Waals surface area contributed by atoms with Crippen molar-refractivity contribution in [3.63, 3.8) is 0 Å². The molecular weight excluding hydrogens is 364 g/mol. The standard InChI is InChI=1S/C20H15ClN4S/c21-17-12-15-9-5-4-8-14(15)11-16(17)19-24-25-18(22-23-20(25)26-19)10-13-6-2-1-3-7-13/h1-9,11-12,19,24H,10H2. The lowest BCUT2D eigenvalue weighted by atomic mass is 10.1. The van der Waals surface area contributed by atoms with Gasteiger partial charge in [-0.2, -0.15) is 0 Å². The summed E-state index contributed by atoms with van der Waals surface area (Å²) in [7, 11) is 0. The first kappa shape index (κ1) is 15.7. The van der Waals surface area contributed by atoms with Crippen LogP contribution in [0.5, 0.6) is 0 Å². The van der Waals surface area contributed by atoms with Crippen LogP contribution in [0.3, 0.4) is 0 Å². The third kappa shape index (κ3) is 2.73. The van der Waals surface area contributed by atoms with Crippen molar-refractivity contribution in [3.05, 3.63) is 88.7 Å². The van der Waals surface area contributed by atoms with Crippen LogP contribution in [0.25, 0.3) is 10.8 Å². The molecule has 0 saturated carbocycles. The molecule has 4 nitrogen and oxygen atoms in total. The second kappa shape index (κ2) is 6.34. The number of aromatic nitrogens is 3. The van der Waals surface area contributed by atoms with Gasteiger partial charge in [-0.3, -0.25) is 0 Å². The second-order valence-electron chi connectivity index (χ2n) is 6.24. The smallest absolute Gasteiger partial charge is 0.212 e. The van der Waals surface area contributed by atoms with E-state index in [9.17, 15) is 0 Å². The van der Waals surface area contributed by atoms with Crippen LogP contribution in [0.1, 0.15) is 22.3 Å². The van der Waals surface area contributed by atoms with Crippen LogP contribution in [0.4, 0.5) is 0 Å². The molecule has 1 aliphatic rings. The van der Waals surface area contributed by atoms with E-state index in [-0.39, 0.29) is 5.37 Å². The molecular formula is C20H15ClN4S. The van der Waals surface area contributed by atoms with E-state index in [1.165, 1.54) is 10.9 Å². The molecule has 1 N–H and O–H groups in total. The highest BCUT2D eigenvalue weighted by atomic mass is 35.5. The lowest BCUT2D eigenvalue weighted by Crippen LogP contribution is -2.16. The number of fused-ring (bicyclic) bond motifs is 2. The zero-order chi connectivity index (χ0) is 17.5. The maximum absolute atomic E-state index is 6.56. The van der Waals surface area contributed by atoms with Crippen molar-refractivity contribution in [2.75, 3.05) is 5.43 Å². The largest absolute Gasteiger partial charge is 0.304 e. The van der Waals surface area contributed by atoms with Gasteiger partial charge in [-0.05, 0) is 28.5 Å². The van der Waals surface area contributed by atoms with Crippen LogP contribution in [0.15, 0.2) is 71.9 Å². The van der Waals surface area contributed by atoms with Gasteiger partial charge in [-0.25, -0.2) is 4.68 Å². The Morgan fingerprint density at radius 3 is 2.50 bits per heavy atom. The Kier molecular flexibility index (Phi) is 3.84. The van der Waals surface area contributed by atoms with E-state index in [0.717, 1.165) is 33.4 Å². The molecule has 0 amide bonds. The Balaban J connectivity index is 1.45. The fourth-order valence-corrected chi connectivity index (χ4v) is 4.60. The van der Waals surface area contributed by atoms with Gasteiger partial charge in [-0.15, -0.1) is 10.2 Å². The van der Waals surface area contributed by atoms with Gasteiger partial charge in [0.2, 0.25) is 5.16 Å². The summed E-state index contributed by atoms with van der Waals surface area (Å²) >= 11 is 8.20. The summed E-state index contributed by atoms with van der Waals surface area (Å²) in [6.45, 7) is 0. The Morgan fingerprint density at radius 1 is 0.962 bits per heavy atom. The predicted molar refractivity (Wildman–Crippen MR) is 106 cm³/mol. The molecule has 1 aliphatic heterocycles. The molecule has 1 atom stereocenters. The Hall–Kier alpha value is -2.50. The molecule has 0 bridgehead atoms. The molecule has 1 aromatic heterocycles. The van der Waals surface area contributed by atoms with Crippen molar-refractivity contribution in [2.45, 2.75) is 17.0 Å². The molecule has 0 aliphatic carbocycles. The van der Waals surface area contributed by atoms with Crippen LogP contribution in [0, 0.1) is 0 Å². The van der Waals surface area contributed by atoms with Crippen LogP contribution < -0.4 is 5.43 Å². The third-order valence-electron chi connectivity index (χ3n) is 4.52. The lowest BCUT2D eigenvalue weighted by Gasteiger charge is -2.15. The van der Waals surface area contributed by atoms with Crippen molar-refractivity contribution in [1.82, 2.24) is 14.9 Å². The molecule has 3 aromatic carbocycles. The fourth-order valence-electron chi connectivity index (χ4n) is 3.21. The number of benzene rings is 3. The quantitative estimate of drug-likeness (QED) is 0.543. The minimum absolute atomic E-state index is 0.0205. The average molecular weight is 379 g/mol. The fraction of sp³-hybridized carbons (Fsp3) is 0.100. The van der Waals surface area contributed by atoms with Crippen molar-refractivity contribution in [1.29, 1.82) is 0 Å². The predicted octanol–water partition coefficient (Wildman–Crippen LogP) is 5.02. The van der Waals surface area contributed by atoms with E-state index in [4.69, 9.17) is 11.6 Å². The van der Waals surface area contributed by atoms with Crippen molar-refractivity contribution in [3.8, 4) is 0 Å². The number of hydrogen-bond donors (Lipinski definition) is 1. The van der Waals surface area contributed by atoms with Gasteiger partial charge in [0.1, 0.15) is 5.37 Å². The average Bonchev–Trinajstić information content (AvgIpc) is 3.24. The maximum atomic E-state index is 6.56. The van der Waals surface area contributed by atoms with Crippen molar-refractivity contribution in [2.24, 2.45) is 0 Å². The van der Waals surface area contributed by atoms with Crippen LogP contribution in [-0.2, 0) is 6.42 Å². The van der Waals surface area contributed by atoms with Gasteiger partial charge >= 0.3 is 0 Å². The molecule has 0 saturated heterocycles. The van der Waals surface area contributed by atoms with Crippen LogP contribution >= 0.6 is 23.4 Å². The molecule has 5 rings (SSSR count). The molecule has 26 heavy (non-hydrogen) atoms. The van der Waals surface area contributed by atoms with E-state index in [1.54, 1.807) is 11.8 Å². The first-order valence-electron chi connectivity index (χ1n) is 8.37. The van der Waals surface area contributed by atoms with Gasteiger partial charge in [0.15, 0.2) is 5.82 Å². The monoisotopic (exact) mass is 378 g/mol. The Morgan fingerprint density at radius 2 is 1.69 bits per heavy atom. The summed E-state index contributed by atoms with van der Waals surface area (Å²) < 4.78 is 1.98. The second-order valence-corrected chi connectivity index (χ2v) is 7.72. The minimum Gasteiger partial charge on any atom is -0.304 e. The summed E-state index contributed by atoms with van der Waals surface area (Å²) in [6, 6.07) is 22.7. The third-order valence-corrected chi connectivity index (χ3v) is 5.92. The summed E-state index contributed by atoms with van der Waals surface area (Å²) in [5.74, 6) is 0.901. The number of nitrogens with zero attached hydrogens (tertiary/aromatic N) is 3. The first-order valence-corrected chi connectivity index (χ1v) is 9.63. The summed E-state index contributed by atoms with van der Waals surface area (Å²) in [4.78, 5) is 0. The number of thioether (sulfide) groups is 1. The molecule has 6 heteroatoms. The highest BCUT2D eigenvalue weighted by Crippen LogP contribution is 2.42. The number of hydrogen-bond acceptors (Lipinski definition) is 4. The number of nitrogens with one attached hydrogen (secondary N) is 1. The number of halogens is 1. The molecule has 0 radical (unpaired) electrons. The van der Waals surface area contributed by atoms with E-state index in [1.807, 2.05) is 41.1 Å². The maximum Gasteiger partial charge on any atom is 0.212 e. The first-order chi connectivity index (χ1) is 12.8. The summed E-state index contributed by atoms with van der Waals surface area (Å²) in [6.07, 6.45) is 0.736. The highest BCUT2D eigenvalue weighted by Gasteiger charge is 2.29. The normalized spacial score (nSPS) is 15.8. The number of rotatable bonds is 3. The Bertz CT molecular complexity index is 1090. The summed E-state index contributed by atoms with van der Waals surface area (Å²) in [5.41, 5.74) is 5.77. The summed E-state index contributed by atoms with van der Waals surface area (Å²) in [5, 5.41) is 12.6. The minimum atomic E-state index is 0.0205. The van der Waals surface area contributed by atoms with Gasteiger partial charge in [0.25, 0.3) is 0 Å². The van der Waals surface area contributed by atoms with Crippen LogP contribution in [-0.4, -0.2) is 14.9 Å². The van der Waals surface area contributed by atoms with E-state index in [0.29, 0.717) is 0 Å². The SMILES string of the molecule is Clc1cc2ccccc2cc1C1Nn2c(Cc3ccccc3)nnc2S1. The molecule has 0 spiro atoms. The molecule has 0 fully saturated rings. The highest BCUT2D eigenvalue weighted by molar-refractivity contribution is 7.99. The topological polar surface area (TPSA) is 42.7 Å². The van der Waals surface area contributed by atoms with Gasteiger partial charge < -0.3 is 5.43 Å². The van der Waals surface area contributed by atoms with Crippen LogP contribution in [0.2, 0.25) is 5.02 Å². The van der Waals surface area contributed by atoms with E-state index in [2.05, 4.69) is 46.0 Å². The molecule has 128 valence electrons.